The van der Waals surface area contributed by atoms with Gasteiger partial charge < -0.3 is 4.90 Å². The van der Waals surface area contributed by atoms with Crippen LogP contribution in [0.15, 0.2) is 48.5 Å². The fourth-order valence-corrected chi connectivity index (χ4v) is 2.26. The minimum atomic E-state index is -0.308. The van der Waals surface area contributed by atoms with Crippen molar-refractivity contribution in [2.45, 2.75) is 6.92 Å². The van der Waals surface area contributed by atoms with E-state index < -0.39 is 0 Å². The molecule has 0 N–H and O–H groups in total. The maximum Gasteiger partial charge on any atom is 0.165 e. The van der Waals surface area contributed by atoms with E-state index in [1.165, 1.54) is 6.07 Å². The average molecular weight is 281 g/mol. The predicted molar refractivity (Wildman–Crippen MR) is 83.9 cm³/mol. The summed E-state index contributed by atoms with van der Waals surface area (Å²) in [5, 5.41) is 0.974. The van der Waals surface area contributed by atoms with Crippen LogP contribution in [-0.2, 0) is 0 Å². The maximum absolute atomic E-state index is 14.0. The molecule has 0 fully saturated rings. The summed E-state index contributed by atoms with van der Waals surface area (Å²) in [6.45, 7) is 2.87. The highest BCUT2D eigenvalue weighted by molar-refractivity contribution is 5.91. The number of rotatable bonds is 3. The lowest BCUT2D eigenvalue weighted by Crippen LogP contribution is -2.18. The number of para-hydroxylation sites is 1. The van der Waals surface area contributed by atoms with Gasteiger partial charge in [-0.15, -0.1) is 0 Å². The summed E-state index contributed by atoms with van der Waals surface area (Å²) in [7, 11) is 1.97. The average Bonchev–Trinajstić information content (AvgIpc) is 2.53. The van der Waals surface area contributed by atoms with Crippen LogP contribution >= 0.6 is 0 Å². The number of hydrogen-bond acceptors (Lipinski definition) is 3. The number of halogens is 1. The molecule has 4 heteroatoms. The molecule has 21 heavy (non-hydrogen) atoms. The molecule has 1 aromatic heterocycles. The van der Waals surface area contributed by atoms with Crippen LogP contribution in [0.25, 0.3) is 22.3 Å². The molecule has 0 saturated heterocycles. The van der Waals surface area contributed by atoms with Crippen LogP contribution in [0.2, 0.25) is 0 Å². The van der Waals surface area contributed by atoms with Crippen LogP contribution in [0.4, 0.5) is 10.2 Å². The number of aromatic nitrogens is 2. The Kier molecular flexibility index (Phi) is 3.52. The third kappa shape index (κ3) is 2.44. The van der Waals surface area contributed by atoms with Gasteiger partial charge in [0.1, 0.15) is 11.6 Å². The van der Waals surface area contributed by atoms with Crippen LogP contribution in [-0.4, -0.2) is 23.6 Å². The Hall–Kier alpha value is -2.49. The van der Waals surface area contributed by atoms with Crippen LogP contribution in [0.3, 0.4) is 0 Å². The fraction of sp³-hybridized carbons (Fsp3) is 0.176. The summed E-state index contributed by atoms with van der Waals surface area (Å²) in [6.07, 6.45) is 0. The van der Waals surface area contributed by atoms with E-state index in [0.717, 1.165) is 23.3 Å². The Morgan fingerprint density at radius 2 is 1.71 bits per heavy atom. The number of fused-ring (bicyclic) bond motifs is 1. The van der Waals surface area contributed by atoms with Gasteiger partial charge in [0, 0.05) is 19.0 Å². The molecule has 0 unspecified atom stereocenters. The summed E-state index contributed by atoms with van der Waals surface area (Å²) in [6, 6.07) is 14.4. The first-order valence-corrected chi connectivity index (χ1v) is 6.93. The van der Waals surface area contributed by atoms with E-state index in [1.54, 1.807) is 18.2 Å². The molecular weight excluding hydrogens is 265 g/mol. The number of nitrogens with zero attached hydrogens (tertiary/aromatic N) is 3. The van der Waals surface area contributed by atoms with Gasteiger partial charge in [-0.3, -0.25) is 0 Å². The summed E-state index contributed by atoms with van der Waals surface area (Å²) >= 11 is 0. The van der Waals surface area contributed by atoms with Gasteiger partial charge >= 0.3 is 0 Å². The van der Waals surface area contributed by atoms with Crippen molar-refractivity contribution in [2.24, 2.45) is 0 Å². The van der Waals surface area contributed by atoms with E-state index in [2.05, 4.69) is 16.9 Å². The standard InChI is InChI=1S/C17H16FN3/c1-3-21(2)17-13-9-5-7-11-15(13)19-16(20-17)12-8-4-6-10-14(12)18/h4-11H,3H2,1-2H3. The van der Waals surface area contributed by atoms with Crippen molar-refractivity contribution in [1.29, 1.82) is 0 Å². The lowest BCUT2D eigenvalue weighted by molar-refractivity contribution is 0.630. The normalized spacial score (nSPS) is 10.8. The third-order valence-corrected chi connectivity index (χ3v) is 3.53. The van der Waals surface area contributed by atoms with Crippen molar-refractivity contribution in [3.05, 3.63) is 54.3 Å². The van der Waals surface area contributed by atoms with Crippen molar-refractivity contribution in [1.82, 2.24) is 9.97 Å². The van der Waals surface area contributed by atoms with Crippen LogP contribution in [0.5, 0.6) is 0 Å². The highest BCUT2D eigenvalue weighted by Crippen LogP contribution is 2.27. The molecule has 0 radical (unpaired) electrons. The summed E-state index contributed by atoms with van der Waals surface area (Å²) < 4.78 is 14.0. The summed E-state index contributed by atoms with van der Waals surface area (Å²) in [5.41, 5.74) is 1.25. The molecule has 0 bridgehead atoms. The fourth-order valence-electron chi connectivity index (χ4n) is 2.26. The SMILES string of the molecule is CCN(C)c1nc(-c2ccccc2F)nc2ccccc12. The molecule has 106 valence electrons. The minimum Gasteiger partial charge on any atom is -0.359 e. The predicted octanol–water partition coefficient (Wildman–Crippen LogP) is 3.89. The van der Waals surface area contributed by atoms with Crippen molar-refractivity contribution >= 4 is 16.7 Å². The van der Waals surface area contributed by atoms with Crippen molar-refractivity contribution < 1.29 is 4.39 Å². The van der Waals surface area contributed by atoms with Crippen molar-refractivity contribution in [3.63, 3.8) is 0 Å². The molecule has 2 aromatic carbocycles. The minimum absolute atomic E-state index is 0.308. The second-order valence-corrected chi connectivity index (χ2v) is 4.88. The second-order valence-electron chi connectivity index (χ2n) is 4.88. The van der Waals surface area contributed by atoms with Crippen molar-refractivity contribution in [2.75, 3.05) is 18.5 Å². The van der Waals surface area contributed by atoms with Gasteiger partial charge in [0.2, 0.25) is 0 Å². The summed E-state index contributed by atoms with van der Waals surface area (Å²) in [5.74, 6) is 0.932. The smallest absolute Gasteiger partial charge is 0.165 e. The third-order valence-electron chi connectivity index (χ3n) is 3.53. The van der Waals surface area contributed by atoms with Crippen LogP contribution in [0.1, 0.15) is 6.92 Å². The molecule has 0 saturated carbocycles. The lowest BCUT2D eigenvalue weighted by atomic mass is 10.1. The highest BCUT2D eigenvalue weighted by Gasteiger charge is 2.13. The Labute approximate surface area is 123 Å². The van der Waals surface area contributed by atoms with Crippen molar-refractivity contribution in [3.8, 4) is 11.4 Å². The summed E-state index contributed by atoms with van der Waals surface area (Å²) in [4.78, 5) is 11.1. The monoisotopic (exact) mass is 281 g/mol. The first-order chi connectivity index (χ1) is 10.2. The van der Waals surface area contributed by atoms with Crippen LogP contribution < -0.4 is 4.90 Å². The molecule has 1 heterocycles. The van der Waals surface area contributed by atoms with E-state index in [-0.39, 0.29) is 5.82 Å². The first kappa shape index (κ1) is 13.5. The van der Waals surface area contributed by atoms with Gasteiger partial charge in [0.15, 0.2) is 5.82 Å². The Morgan fingerprint density at radius 1 is 1.00 bits per heavy atom. The van der Waals surface area contributed by atoms with E-state index in [4.69, 9.17) is 0 Å². The molecule has 3 rings (SSSR count). The van der Waals surface area contributed by atoms with Crippen LogP contribution in [0, 0.1) is 5.82 Å². The number of anilines is 1. The lowest BCUT2D eigenvalue weighted by Gasteiger charge is -2.18. The molecule has 3 aromatic rings. The molecule has 0 atom stereocenters. The second kappa shape index (κ2) is 5.48. The van der Waals surface area contributed by atoms with E-state index in [1.807, 2.05) is 36.2 Å². The van der Waals surface area contributed by atoms with E-state index >= 15 is 0 Å². The topological polar surface area (TPSA) is 29.0 Å². The Bertz CT molecular complexity index is 786. The molecule has 0 aliphatic rings. The van der Waals surface area contributed by atoms with Gasteiger partial charge in [-0.05, 0) is 31.2 Å². The number of hydrogen-bond donors (Lipinski definition) is 0. The Morgan fingerprint density at radius 3 is 2.48 bits per heavy atom. The molecule has 3 nitrogen and oxygen atoms in total. The van der Waals surface area contributed by atoms with Gasteiger partial charge in [0.25, 0.3) is 0 Å². The quantitative estimate of drug-likeness (QED) is 0.729. The van der Waals surface area contributed by atoms with Gasteiger partial charge in [-0.25, -0.2) is 14.4 Å². The van der Waals surface area contributed by atoms with Gasteiger partial charge in [0.05, 0.1) is 11.1 Å². The maximum atomic E-state index is 14.0. The zero-order chi connectivity index (χ0) is 14.8. The molecule has 0 aliphatic heterocycles. The molecule has 0 aliphatic carbocycles. The van der Waals surface area contributed by atoms with E-state index in [0.29, 0.717) is 11.4 Å². The Balaban J connectivity index is 2.28. The zero-order valence-electron chi connectivity index (χ0n) is 12.0. The molecular formula is C17H16FN3. The molecule has 0 amide bonds. The number of benzene rings is 2. The largest absolute Gasteiger partial charge is 0.359 e. The highest BCUT2D eigenvalue weighted by atomic mass is 19.1. The van der Waals surface area contributed by atoms with Gasteiger partial charge in [-0.2, -0.15) is 0 Å². The molecule has 0 spiro atoms. The zero-order valence-corrected chi connectivity index (χ0v) is 12.0. The van der Waals surface area contributed by atoms with Gasteiger partial charge in [-0.1, -0.05) is 24.3 Å². The van der Waals surface area contributed by atoms with E-state index in [9.17, 15) is 4.39 Å². The first-order valence-electron chi connectivity index (χ1n) is 6.93.